The molecule has 2 aromatic carbocycles. The molecular weight excluding hydrogens is 348 g/mol. The molecule has 28 heavy (non-hydrogen) atoms. The summed E-state index contributed by atoms with van der Waals surface area (Å²) in [7, 11) is 4.06. The van der Waals surface area contributed by atoms with Crippen molar-refractivity contribution in [3.05, 3.63) is 70.8 Å². The molecule has 0 aliphatic heterocycles. The van der Waals surface area contributed by atoms with Crippen molar-refractivity contribution in [3.63, 3.8) is 0 Å². The van der Waals surface area contributed by atoms with Gasteiger partial charge in [0, 0.05) is 31.5 Å². The predicted molar refractivity (Wildman–Crippen MR) is 114 cm³/mol. The molecule has 0 aromatic heterocycles. The molecule has 0 saturated carbocycles. The molecule has 0 atom stereocenters. The molecule has 0 radical (unpaired) electrons. The Kier molecular flexibility index (Phi) is 8.40. The van der Waals surface area contributed by atoms with Crippen LogP contribution < -0.4 is 5.32 Å². The van der Waals surface area contributed by atoms with Crippen LogP contribution >= 0.6 is 0 Å². The van der Waals surface area contributed by atoms with Gasteiger partial charge in [0.25, 0.3) is 0 Å². The molecule has 0 aliphatic rings. The van der Waals surface area contributed by atoms with Crippen molar-refractivity contribution < 1.29 is 9.59 Å². The lowest BCUT2D eigenvalue weighted by Crippen LogP contribution is -2.23. The van der Waals surface area contributed by atoms with E-state index in [-0.39, 0.29) is 24.5 Å². The Balaban J connectivity index is 1.78. The Morgan fingerprint density at radius 3 is 2.25 bits per heavy atom. The van der Waals surface area contributed by atoms with Gasteiger partial charge >= 0.3 is 0 Å². The van der Waals surface area contributed by atoms with E-state index < -0.39 is 0 Å². The molecule has 1 amide bonds. The highest BCUT2D eigenvalue weighted by Gasteiger charge is 2.10. The Morgan fingerprint density at radius 2 is 1.61 bits per heavy atom. The highest BCUT2D eigenvalue weighted by atomic mass is 16.2. The number of amides is 1. The molecule has 2 aromatic rings. The van der Waals surface area contributed by atoms with E-state index >= 15 is 0 Å². The lowest BCUT2D eigenvalue weighted by Gasteiger charge is -2.11. The Morgan fingerprint density at radius 1 is 0.929 bits per heavy atom. The van der Waals surface area contributed by atoms with Gasteiger partial charge in [0.1, 0.15) is 0 Å². The lowest BCUT2D eigenvalue weighted by molar-refractivity contribution is -0.121. The van der Waals surface area contributed by atoms with Crippen LogP contribution in [0.5, 0.6) is 0 Å². The molecule has 0 fully saturated rings. The van der Waals surface area contributed by atoms with Crippen LogP contribution in [-0.4, -0.2) is 30.7 Å². The molecule has 1 N–H and O–H groups in total. The smallest absolute Gasteiger partial charge is 0.220 e. The third-order valence-electron chi connectivity index (χ3n) is 4.48. The summed E-state index contributed by atoms with van der Waals surface area (Å²) < 4.78 is 0. The van der Waals surface area contributed by atoms with Gasteiger partial charge in [-0.15, -0.1) is 0 Å². The van der Waals surface area contributed by atoms with Crippen molar-refractivity contribution in [3.8, 4) is 0 Å². The molecule has 2 rings (SSSR count). The monoisotopic (exact) mass is 380 g/mol. The van der Waals surface area contributed by atoms with E-state index in [0.717, 1.165) is 18.5 Å². The number of hydrogen-bond donors (Lipinski definition) is 1. The van der Waals surface area contributed by atoms with Gasteiger partial charge in [-0.1, -0.05) is 62.4 Å². The van der Waals surface area contributed by atoms with Crippen LogP contribution in [0.25, 0.3) is 0 Å². The van der Waals surface area contributed by atoms with Gasteiger partial charge in [-0.3, -0.25) is 9.59 Å². The molecule has 0 bridgehead atoms. The third kappa shape index (κ3) is 7.65. The van der Waals surface area contributed by atoms with Crippen molar-refractivity contribution in [1.82, 2.24) is 10.2 Å². The van der Waals surface area contributed by atoms with Crippen LogP contribution in [0, 0.1) is 5.92 Å². The highest BCUT2D eigenvalue weighted by Crippen LogP contribution is 2.12. The minimum absolute atomic E-state index is 0.0132. The summed E-state index contributed by atoms with van der Waals surface area (Å²) in [6, 6.07) is 15.9. The SMILES string of the molecule is CC(C)Cc1ccc(C(=O)CCC(=O)NCc2cccc(CN(C)C)c2)cc1. The average molecular weight is 381 g/mol. The van der Waals surface area contributed by atoms with Crippen molar-refractivity contribution >= 4 is 11.7 Å². The molecule has 0 saturated heterocycles. The first kappa shape index (κ1) is 21.8. The van der Waals surface area contributed by atoms with Crippen LogP contribution in [-0.2, 0) is 24.3 Å². The summed E-state index contributed by atoms with van der Waals surface area (Å²) in [6.07, 6.45) is 1.45. The topological polar surface area (TPSA) is 49.4 Å². The number of rotatable bonds is 10. The van der Waals surface area contributed by atoms with Gasteiger partial charge < -0.3 is 10.2 Å². The molecule has 0 unspecified atom stereocenters. The number of benzene rings is 2. The van der Waals surface area contributed by atoms with E-state index in [1.54, 1.807) is 0 Å². The summed E-state index contributed by atoms with van der Waals surface area (Å²) in [4.78, 5) is 26.5. The van der Waals surface area contributed by atoms with Gasteiger partial charge in [0.05, 0.1) is 0 Å². The van der Waals surface area contributed by atoms with Crippen molar-refractivity contribution in [1.29, 1.82) is 0 Å². The van der Waals surface area contributed by atoms with Crippen molar-refractivity contribution in [2.24, 2.45) is 5.92 Å². The van der Waals surface area contributed by atoms with Gasteiger partial charge in [-0.25, -0.2) is 0 Å². The maximum absolute atomic E-state index is 12.3. The number of nitrogens with one attached hydrogen (secondary N) is 1. The minimum atomic E-state index is -0.0946. The second-order valence-corrected chi connectivity index (χ2v) is 8.05. The van der Waals surface area contributed by atoms with Crippen LogP contribution in [0.4, 0.5) is 0 Å². The van der Waals surface area contributed by atoms with Gasteiger partial charge in [-0.05, 0) is 43.1 Å². The van der Waals surface area contributed by atoms with Gasteiger partial charge in [-0.2, -0.15) is 0 Å². The van der Waals surface area contributed by atoms with E-state index in [0.29, 0.717) is 18.0 Å². The van der Waals surface area contributed by atoms with Crippen molar-refractivity contribution in [2.75, 3.05) is 14.1 Å². The Hall–Kier alpha value is -2.46. The largest absolute Gasteiger partial charge is 0.352 e. The predicted octanol–water partition coefficient (Wildman–Crippen LogP) is 4.23. The third-order valence-corrected chi connectivity index (χ3v) is 4.48. The van der Waals surface area contributed by atoms with E-state index in [2.05, 4.69) is 36.2 Å². The first-order valence-electron chi connectivity index (χ1n) is 9.95. The second-order valence-electron chi connectivity index (χ2n) is 8.05. The second kappa shape index (κ2) is 10.8. The molecule has 0 spiro atoms. The van der Waals surface area contributed by atoms with Crippen LogP contribution in [0.2, 0.25) is 0 Å². The highest BCUT2D eigenvalue weighted by molar-refractivity contribution is 5.97. The maximum atomic E-state index is 12.3. The zero-order chi connectivity index (χ0) is 20.5. The van der Waals surface area contributed by atoms with Crippen LogP contribution in [0.3, 0.4) is 0 Å². The number of nitrogens with zero attached hydrogens (tertiary/aromatic N) is 1. The molecule has 4 heteroatoms. The molecular formula is C24H32N2O2. The number of carbonyl (C=O) groups is 2. The Labute approximate surface area is 169 Å². The molecule has 0 aliphatic carbocycles. The van der Waals surface area contributed by atoms with E-state index in [1.165, 1.54) is 11.1 Å². The fraction of sp³-hybridized carbons (Fsp3) is 0.417. The average Bonchev–Trinajstić information content (AvgIpc) is 2.64. The summed E-state index contributed by atoms with van der Waals surface area (Å²) in [5.74, 6) is 0.510. The van der Waals surface area contributed by atoms with Gasteiger partial charge in [0.15, 0.2) is 5.78 Å². The number of carbonyl (C=O) groups excluding carboxylic acids is 2. The molecule has 150 valence electrons. The van der Waals surface area contributed by atoms with Crippen LogP contribution in [0.15, 0.2) is 48.5 Å². The summed E-state index contributed by atoms with van der Waals surface area (Å²) >= 11 is 0. The normalized spacial score (nSPS) is 11.1. The number of hydrogen-bond acceptors (Lipinski definition) is 3. The summed E-state index contributed by atoms with van der Waals surface area (Å²) in [5, 5.41) is 2.91. The molecule has 4 nitrogen and oxygen atoms in total. The number of Topliss-reactive ketones (excluding diaryl/α,β-unsaturated/α-hetero) is 1. The quantitative estimate of drug-likeness (QED) is 0.628. The zero-order valence-corrected chi connectivity index (χ0v) is 17.5. The molecule has 0 heterocycles. The first-order chi connectivity index (χ1) is 13.3. The maximum Gasteiger partial charge on any atom is 0.220 e. The van der Waals surface area contributed by atoms with Gasteiger partial charge in [0.2, 0.25) is 5.91 Å². The van der Waals surface area contributed by atoms with Crippen LogP contribution in [0.1, 0.15) is 53.7 Å². The van der Waals surface area contributed by atoms with Crippen molar-refractivity contribution in [2.45, 2.75) is 46.2 Å². The zero-order valence-electron chi connectivity index (χ0n) is 17.5. The lowest BCUT2D eigenvalue weighted by atomic mass is 9.99. The fourth-order valence-corrected chi connectivity index (χ4v) is 3.16. The fourth-order valence-electron chi connectivity index (χ4n) is 3.16. The van der Waals surface area contributed by atoms with E-state index in [9.17, 15) is 9.59 Å². The minimum Gasteiger partial charge on any atom is -0.352 e. The summed E-state index contributed by atoms with van der Waals surface area (Å²) in [5.41, 5.74) is 4.20. The number of ketones is 1. The Bertz CT molecular complexity index is 779. The summed E-state index contributed by atoms with van der Waals surface area (Å²) in [6.45, 7) is 5.71. The first-order valence-corrected chi connectivity index (χ1v) is 9.95. The van der Waals surface area contributed by atoms with E-state index in [1.807, 2.05) is 50.5 Å². The van der Waals surface area contributed by atoms with E-state index in [4.69, 9.17) is 0 Å². The standard InChI is InChI=1S/C24H32N2O2/c1-18(2)14-19-8-10-22(11-9-19)23(27)12-13-24(28)25-16-20-6-5-7-21(15-20)17-26(3)4/h5-11,15,18H,12-14,16-17H2,1-4H3,(H,25,28).